The molecule has 0 spiro atoms. The van der Waals surface area contributed by atoms with Crippen LogP contribution in [0.25, 0.3) is 0 Å². The molecular weight excluding hydrogens is 110 g/mol. The lowest BCUT2D eigenvalue weighted by Gasteiger charge is -2.23. The van der Waals surface area contributed by atoms with Crippen molar-refractivity contribution in [1.29, 1.82) is 0 Å². The molecule has 1 saturated carbocycles. The van der Waals surface area contributed by atoms with Crippen molar-refractivity contribution >= 4 is 11.6 Å². The summed E-state index contributed by atoms with van der Waals surface area (Å²) in [5.41, 5.74) is 4.94. The van der Waals surface area contributed by atoms with E-state index in [9.17, 15) is 9.59 Å². The summed E-state index contributed by atoms with van der Waals surface area (Å²) >= 11 is 0. The first kappa shape index (κ1) is 5.40. The van der Waals surface area contributed by atoms with Crippen molar-refractivity contribution in [2.24, 2.45) is 5.73 Å². The van der Waals surface area contributed by atoms with Crippen LogP contribution in [0, 0.1) is 0 Å². The van der Waals surface area contributed by atoms with Crippen LogP contribution in [0.3, 0.4) is 0 Å². The van der Waals surface area contributed by atoms with E-state index < -0.39 is 23.7 Å². The van der Waals surface area contributed by atoms with Crippen LogP contribution in [-0.4, -0.2) is 28.8 Å². The van der Waals surface area contributed by atoms with Crippen LogP contribution < -0.4 is 5.73 Å². The number of carbonyl (C=O) groups excluding carboxylic acids is 2. The topological polar surface area (TPSA) is 80.4 Å². The number of rotatable bonds is 0. The Kier molecular flexibility index (Phi) is 0.922. The molecule has 0 saturated heterocycles. The van der Waals surface area contributed by atoms with Gasteiger partial charge in [-0.3, -0.25) is 9.59 Å². The van der Waals surface area contributed by atoms with Crippen molar-refractivity contribution < 1.29 is 14.7 Å². The third-order valence-corrected chi connectivity index (χ3v) is 1.15. The molecule has 0 aromatic heterocycles. The van der Waals surface area contributed by atoms with E-state index in [0.717, 1.165) is 0 Å². The number of hydrogen-bond donors (Lipinski definition) is 2. The Balaban J connectivity index is 2.68. The first-order valence-corrected chi connectivity index (χ1v) is 2.16. The molecule has 1 aliphatic carbocycles. The molecule has 0 heterocycles. The first-order chi connectivity index (χ1) is 3.64. The van der Waals surface area contributed by atoms with Gasteiger partial charge in [0.2, 0.25) is 11.6 Å². The SMILES string of the molecule is NC1C(=O)C(=O)C1O. The van der Waals surface area contributed by atoms with Gasteiger partial charge in [-0.2, -0.15) is 0 Å². The summed E-state index contributed by atoms with van der Waals surface area (Å²) in [5.74, 6) is -1.44. The second kappa shape index (κ2) is 1.37. The maximum Gasteiger partial charge on any atom is 0.230 e. The van der Waals surface area contributed by atoms with Crippen molar-refractivity contribution in [3.8, 4) is 0 Å². The minimum atomic E-state index is -1.23. The minimum absolute atomic E-state index is 0.669. The van der Waals surface area contributed by atoms with Crippen LogP contribution in [0.5, 0.6) is 0 Å². The van der Waals surface area contributed by atoms with Crippen molar-refractivity contribution in [1.82, 2.24) is 0 Å². The highest BCUT2D eigenvalue weighted by Gasteiger charge is 2.45. The molecule has 2 unspecified atom stereocenters. The van der Waals surface area contributed by atoms with Crippen LogP contribution in [0.2, 0.25) is 0 Å². The summed E-state index contributed by atoms with van der Waals surface area (Å²) in [6.45, 7) is 0. The summed E-state index contributed by atoms with van der Waals surface area (Å²) in [7, 11) is 0. The number of nitrogens with two attached hydrogens (primary N) is 1. The van der Waals surface area contributed by atoms with Crippen LogP contribution in [0.1, 0.15) is 0 Å². The standard InChI is InChI=1S/C4H5NO3/c5-1-2(6)4(8)3(1)7/h1-2,6H,5H2. The quantitative estimate of drug-likeness (QED) is 0.352. The van der Waals surface area contributed by atoms with Crippen LogP contribution >= 0.6 is 0 Å². The Morgan fingerprint density at radius 1 is 1.38 bits per heavy atom. The number of aliphatic hydroxyl groups is 1. The van der Waals surface area contributed by atoms with E-state index in [2.05, 4.69) is 0 Å². The zero-order chi connectivity index (χ0) is 6.31. The maximum atomic E-state index is 10.1. The Morgan fingerprint density at radius 3 is 2.00 bits per heavy atom. The second-order valence-corrected chi connectivity index (χ2v) is 1.70. The van der Waals surface area contributed by atoms with Crippen molar-refractivity contribution in [3.63, 3.8) is 0 Å². The minimum Gasteiger partial charge on any atom is -0.383 e. The fourth-order valence-corrected chi connectivity index (χ4v) is 0.520. The molecule has 44 valence electrons. The summed E-state index contributed by atoms with van der Waals surface area (Å²) in [4.78, 5) is 20.2. The smallest absolute Gasteiger partial charge is 0.230 e. The monoisotopic (exact) mass is 115 g/mol. The van der Waals surface area contributed by atoms with Crippen molar-refractivity contribution in [3.05, 3.63) is 0 Å². The van der Waals surface area contributed by atoms with Gasteiger partial charge in [-0.25, -0.2) is 0 Å². The van der Waals surface area contributed by atoms with Gasteiger partial charge in [0.05, 0.1) is 0 Å². The number of ketones is 2. The normalized spacial score (nSPS) is 37.2. The lowest BCUT2D eigenvalue weighted by atomic mass is 9.87. The number of hydrogen-bond acceptors (Lipinski definition) is 4. The Labute approximate surface area is 45.3 Å². The fraction of sp³-hybridized carbons (Fsp3) is 0.500. The van der Waals surface area contributed by atoms with Crippen LogP contribution in [0.15, 0.2) is 0 Å². The molecule has 1 rings (SSSR count). The van der Waals surface area contributed by atoms with E-state index in [4.69, 9.17) is 10.8 Å². The van der Waals surface area contributed by atoms with Gasteiger partial charge >= 0.3 is 0 Å². The van der Waals surface area contributed by atoms with E-state index in [1.807, 2.05) is 0 Å². The Hall–Kier alpha value is -0.740. The van der Waals surface area contributed by atoms with Gasteiger partial charge in [0.25, 0.3) is 0 Å². The fourth-order valence-electron chi connectivity index (χ4n) is 0.520. The summed E-state index contributed by atoms with van der Waals surface area (Å²) in [6, 6.07) is -0.956. The molecule has 0 amide bonds. The molecule has 0 radical (unpaired) electrons. The molecule has 0 aliphatic heterocycles. The van der Waals surface area contributed by atoms with Crippen molar-refractivity contribution in [2.45, 2.75) is 12.1 Å². The predicted octanol–water partition coefficient (Wildman–Crippen LogP) is -2.17. The molecule has 1 aliphatic rings. The molecule has 3 N–H and O–H groups in total. The molecule has 4 nitrogen and oxygen atoms in total. The molecule has 4 heteroatoms. The molecule has 8 heavy (non-hydrogen) atoms. The van der Waals surface area contributed by atoms with E-state index >= 15 is 0 Å². The van der Waals surface area contributed by atoms with Crippen LogP contribution in [-0.2, 0) is 9.59 Å². The van der Waals surface area contributed by atoms with E-state index in [1.165, 1.54) is 0 Å². The van der Waals surface area contributed by atoms with Gasteiger partial charge in [0.1, 0.15) is 12.1 Å². The van der Waals surface area contributed by atoms with Gasteiger partial charge in [-0.1, -0.05) is 0 Å². The maximum absolute atomic E-state index is 10.1. The molecule has 0 bridgehead atoms. The van der Waals surface area contributed by atoms with Crippen LogP contribution in [0.4, 0.5) is 0 Å². The summed E-state index contributed by atoms with van der Waals surface area (Å²) < 4.78 is 0. The molecule has 2 atom stereocenters. The first-order valence-electron chi connectivity index (χ1n) is 2.16. The lowest BCUT2D eigenvalue weighted by Crippen LogP contribution is -2.62. The van der Waals surface area contributed by atoms with Gasteiger partial charge in [-0.15, -0.1) is 0 Å². The van der Waals surface area contributed by atoms with Gasteiger partial charge in [-0.05, 0) is 0 Å². The van der Waals surface area contributed by atoms with Gasteiger partial charge in [0.15, 0.2) is 0 Å². The third kappa shape index (κ3) is 0.410. The average molecular weight is 115 g/mol. The zero-order valence-electron chi connectivity index (χ0n) is 4.00. The number of Topliss-reactive ketones (excluding diaryl/α,β-unsaturated/α-hetero) is 2. The molecular formula is C4H5NO3. The van der Waals surface area contributed by atoms with Gasteiger partial charge in [0, 0.05) is 0 Å². The summed E-state index contributed by atoms with van der Waals surface area (Å²) in [5, 5.41) is 8.46. The predicted molar refractivity (Wildman–Crippen MR) is 24.0 cm³/mol. The van der Waals surface area contributed by atoms with E-state index in [-0.39, 0.29) is 0 Å². The highest BCUT2D eigenvalue weighted by atomic mass is 16.3. The highest BCUT2D eigenvalue weighted by Crippen LogP contribution is 2.07. The molecule has 1 fully saturated rings. The Bertz CT molecular complexity index is 135. The number of aliphatic hydroxyl groups excluding tert-OH is 1. The Morgan fingerprint density at radius 2 is 1.88 bits per heavy atom. The average Bonchev–Trinajstić information content (AvgIpc) is 1.83. The number of carbonyl (C=O) groups is 2. The van der Waals surface area contributed by atoms with E-state index in [0.29, 0.717) is 0 Å². The highest BCUT2D eigenvalue weighted by molar-refractivity contribution is 6.48. The second-order valence-electron chi connectivity index (χ2n) is 1.70. The zero-order valence-corrected chi connectivity index (χ0v) is 4.00. The third-order valence-electron chi connectivity index (χ3n) is 1.15. The van der Waals surface area contributed by atoms with E-state index in [1.54, 1.807) is 0 Å². The molecule has 0 aromatic carbocycles. The van der Waals surface area contributed by atoms with Gasteiger partial charge < -0.3 is 10.8 Å². The van der Waals surface area contributed by atoms with Crippen molar-refractivity contribution in [2.75, 3.05) is 0 Å². The summed E-state index contributed by atoms with van der Waals surface area (Å²) in [6.07, 6.45) is -1.23. The molecule has 0 aromatic rings. The lowest BCUT2D eigenvalue weighted by molar-refractivity contribution is -0.153. The largest absolute Gasteiger partial charge is 0.383 e.